The SMILES string of the molecule is CCOC(=O)c1ncc(Cl)c(I)c1C(F)F. The average Bonchev–Trinajstić information content (AvgIpc) is 2.21. The number of alkyl halides is 2. The van der Waals surface area contributed by atoms with Gasteiger partial charge in [0.1, 0.15) is 0 Å². The van der Waals surface area contributed by atoms with E-state index in [4.69, 9.17) is 11.6 Å². The van der Waals surface area contributed by atoms with Gasteiger partial charge in [-0.1, -0.05) is 11.6 Å². The van der Waals surface area contributed by atoms with E-state index in [0.717, 1.165) is 6.20 Å². The molecule has 1 heterocycles. The minimum atomic E-state index is -2.82. The third kappa shape index (κ3) is 2.79. The molecule has 7 heteroatoms. The van der Waals surface area contributed by atoms with Crippen molar-refractivity contribution in [3.8, 4) is 0 Å². The van der Waals surface area contributed by atoms with Crippen LogP contribution in [-0.4, -0.2) is 17.6 Å². The number of ether oxygens (including phenoxy) is 1. The van der Waals surface area contributed by atoms with Gasteiger partial charge in [0.25, 0.3) is 6.43 Å². The molecular formula is C9H7ClF2INO2. The predicted molar refractivity (Wildman–Crippen MR) is 62.9 cm³/mol. The highest BCUT2D eigenvalue weighted by atomic mass is 127. The van der Waals surface area contributed by atoms with Crippen molar-refractivity contribution in [1.82, 2.24) is 4.98 Å². The molecule has 0 N–H and O–H groups in total. The van der Waals surface area contributed by atoms with E-state index in [1.54, 1.807) is 29.5 Å². The van der Waals surface area contributed by atoms with Crippen molar-refractivity contribution in [3.05, 3.63) is 26.0 Å². The second-order valence-corrected chi connectivity index (χ2v) is 4.19. The maximum absolute atomic E-state index is 12.8. The van der Waals surface area contributed by atoms with E-state index >= 15 is 0 Å². The third-order valence-electron chi connectivity index (χ3n) is 1.70. The van der Waals surface area contributed by atoms with Crippen LogP contribution in [0.2, 0.25) is 5.02 Å². The van der Waals surface area contributed by atoms with Crippen molar-refractivity contribution in [1.29, 1.82) is 0 Å². The van der Waals surface area contributed by atoms with Crippen molar-refractivity contribution in [2.45, 2.75) is 13.3 Å². The van der Waals surface area contributed by atoms with Gasteiger partial charge in [-0.25, -0.2) is 18.6 Å². The second kappa shape index (κ2) is 5.72. The Morgan fingerprint density at radius 3 is 2.81 bits per heavy atom. The Kier molecular flexibility index (Phi) is 4.85. The zero-order valence-corrected chi connectivity index (χ0v) is 11.1. The summed E-state index contributed by atoms with van der Waals surface area (Å²) in [5.74, 6) is -0.868. The molecule has 1 aromatic heterocycles. The van der Waals surface area contributed by atoms with Gasteiger partial charge in [0.15, 0.2) is 5.69 Å². The molecule has 0 saturated heterocycles. The van der Waals surface area contributed by atoms with Crippen LogP contribution in [0.25, 0.3) is 0 Å². The highest BCUT2D eigenvalue weighted by Gasteiger charge is 2.25. The number of carbonyl (C=O) groups is 1. The molecule has 0 amide bonds. The summed E-state index contributed by atoms with van der Waals surface area (Å²) in [6, 6.07) is 0. The first kappa shape index (κ1) is 13.6. The van der Waals surface area contributed by atoms with Gasteiger partial charge in [-0.3, -0.25) is 0 Å². The molecule has 0 bridgehead atoms. The zero-order valence-electron chi connectivity index (χ0n) is 8.14. The summed E-state index contributed by atoms with van der Waals surface area (Å²) in [4.78, 5) is 15.0. The summed E-state index contributed by atoms with van der Waals surface area (Å²) in [6.45, 7) is 1.68. The van der Waals surface area contributed by atoms with Crippen LogP contribution in [0, 0.1) is 3.57 Å². The minimum Gasteiger partial charge on any atom is -0.461 e. The van der Waals surface area contributed by atoms with Crippen LogP contribution in [-0.2, 0) is 4.74 Å². The molecule has 3 nitrogen and oxygen atoms in total. The number of rotatable bonds is 3. The lowest BCUT2D eigenvalue weighted by Gasteiger charge is -2.10. The Morgan fingerprint density at radius 2 is 2.31 bits per heavy atom. The van der Waals surface area contributed by atoms with Crippen LogP contribution in [0.4, 0.5) is 8.78 Å². The van der Waals surface area contributed by atoms with Crippen LogP contribution in [0.1, 0.15) is 29.4 Å². The van der Waals surface area contributed by atoms with Crippen molar-refractivity contribution >= 4 is 40.2 Å². The van der Waals surface area contributed by atoms with Gasteiger partial charge in [0.05, 0.1) is 17.2 Å². The fourth-order valence-corrected chi connectivity index (χ4v) is 1.82. The average molecular weight is 362 g/mol. The number of pyridine rings is 1. The van der Waals surface area contributed by atoms with E-state index < -0.39 is 18.0 Å². The van der Waals surface area contributed by atoms with Gasteiger partial charge in [-0.2, -0.15) is 0 Å². The molecule has 0 unspecified atom stereocenters. The Labute approximate surface area is 109 Å². The number of hydrogen-bond donors (Lipinski definition) is 0. The van der Waals surface area contributed by atoms with Gasteiger partial charge >= 0.3 is 5.97 Å². The van der Waals surface area contributed by atoms with Crippen LogP contribution < -0.4 is 0 Å². The standard InChI is InChI=1S/C9H7ClF2INO2/c1-2-16-9(15)7-5(8(11)12)6(13)4(10)3-14-7/h3,8H,2H2,1H3. The number of halogens is 4. The molecule has 0 fully saturated rings. The first-order valence-electron chi connectivity index (χ1n) is 4.28. The lowest BCUT2D eigenvalue weighted by Crippen LogP contribution is -2.12. The fourth-order valence-electron chi connectivity index (χ4n) is 1.04. The molecule has 0 spiro atoms. The molecule has 0 atom stereocenters. The van der Waals surface area contributed by atoms with Crippen molar-refractivity contribution < 1.29 is 18.3 Å². The first-order chi connectivity index (χ1) is 7.49. The van der Waals surface area contributed by atoms with Crippen LogP contribution in [0.5, 0.6) is 0 Å². The Morgan fingerprint density at radius 1 is 1.69 bits per heavy atom. The monoisotopic (exact) mass is 361 g/mol. The number of aromatic nitrogens is 1. The summed E-state index contributed by atoms with van der Waals surface area (Å²) >= 11 is 7.30. The highest BCUT2D eigenvalue weighted by molar-refractivity contribution is 14.1. The molecule has 0 saturated carbocycles. The smallest absolute Gasteiger partial charge is 0.357 e. The maximum Gasteiger partial charge on any atom is 0.357 e. The van der Waals surface area contributed by atoms with E-state index in [9.17, 15) is 13.6 Å². The van der Waals surface area contributed by atoms with Gasteiger partial charge in [0.2, 0.25) is 0 Å². The molecule has 0 aliphatic rings. The lowest BCUT2D eigenvalue weighted by molar-refractivity contribution is 0.0507. The molecule has 0 aliphatic heterocycles. The molecule has 88 valence electrons. The summed E-state index contributed by atoms with van der Waals surface area (Å²) in [6.07, 6.45) is -1.67. The van der Waals surface area contributed by atoms with Crippen LogP contribution >= 0.6 is 34.2 Å². The highest BCUT2D eigenvalue weighted by Crippen LogP contribution is 2.31. The molecule has 16 heavy (non-hydrogen) atoms. The topological polar surface area (TPSA) is 39.2 Å². The minimum absolute atomic E-state index is 0.0870. The molecule has 0 radical (unpaired) electrons. The molecule has 1 rings (SSSR count). The number of esters is 1. The maximum atomic E-state index is 12.8. The summed E-state index contributed by atoms with van der Waals surface area (Å²) in [7, 11) is 0. The van der Waals surface area contributed by atoms with E-state index in [1.165, 1.54) is 0 Å². The summed E-state index contributed by atoms with van der Waals surface area (Å²) in [5.41, 5.74) is -0.864. The second-order valence-electron chi connectivity index (χ2n) is 2.70. The normalized spacial score (nSPS) is 10.6. The molecular weight excluding hydrogens is 354 g/mol. The molecule has 0 aliphatic carbocycles. The first-order valence-corrected chi connectivity index (χ1v) is 5.73. The lowest BCUT2D eigenvalue weighted by atomic mass is 10.2. The Balaban J connectivity index is 3.28. The number of nitrogens with zero attached hydrogens (tertiary/aromatic N) is 1. The third-order valence-corrected chi connectivity index (χ3v) is 3.46. The van der Waals surface area contributed by atoms with Crippen molar-refractivity contribution in [2.24, 2.45) is 0 Å². The zero-order chi connectivity index (χ0) is 12.3. The van der Waals surface area contributed by atoms with Gasteiger partial charge in [0, 0.05) is 9.77 Å². The van der Waals surface area contributed by atoms with Crippen molar-refractivity contribution in [2.75, 3.05) is 6.61 Å². The number of carbonyl (C=O) groups excluding carboxylic acids is 1. The summed E-state index contributed by atoms with van der Waals surface area (Å²) in [5, 5.41) is 0.0870. The van der Waals surface area contributed by atoms with Gasteiger partial charge in [-0.05, 0) is 29.5 Å². The van der Waals surface area contributed by atoms with Crippen LogP contribution in [0.15, 0.2) is 6.20 Å². The van der Waals surface area contributed by atoms with E-state index in [1.807, 2.05) is 0 Å². The van der Waals surface area contributed by atoms with Crippen molar-refractivity contribution in [3.63, 3.8) is 0 Å². The summed E-state index contributed by atoms with van der Waals surface area (Å²) < 4.78 is 30.3. The number of hydrogen-bond acceptors (Lipinski definition) is 3. The molecule has 1 aromatic rings. The Hall–Kier alpha value is -0.500. The van der Waals surface area contributed by atoms with Gasteiger partial charge in [-0.15, -0.1) is 0 Å². The quantitative estimate of drug-likeness (QED) is 0.611. The van der Waals surface area contributed by atoms with E-state index in [0.29, 0.717) is 0 Å². The molecule has 0 aromatic carbocycles. The van der Waals surface area contributed by atoms with E-state index in [2.05, 4.69) is 9.72 Å². The predicted octanol–water partition coefficient (Wildman–Crippen LogP) is 3.45. The van der Waals surface area contributed by atoms with E-state index in [-0.39, 0.29) is 20.9 Å². The van der Waals surface area contributed by atoms with Gasteiger partial charge < -0.3 is 4.74 Å². The van der Waals surface area contributed by atoms with Crippen LogP contribution in [0.3, 0.4) is 0 Å². The fraction of sp³-hybridized carbons (Fsp3) is 0.333. The Bertz CT molecular complexity index is 415. The largest absolute Gasteiger partial charge is 0.461 e.